The first kappa shape index (κ1) is 15.7. The fraction of sp³-hybridized carbons (Fsp3) is 0.500. The number of rotatable bonds is 2. The molecule has 1 aromatic carbocycles. The van der Waals surface area contributed by atoms with Crippen LogP contribution in [0.3, 0.4) is 0 Å². The van der Waals surface area contributed by atoms with E-state index in [4.69, 9.17) is 0 Å². The van der Waals surface area contributed by atoms with E-state index < -0.39 is 0 Å². The number of benzene rings is 1. The number of nitrogens with one attached hydrogen (secondary N) is 1. The second kappa shape index (κ2) is 6.00. The first-order valence-corrected chi connectivity index (χ1v) is 7.52. The maximum Gasteiger partial charge on any atom is 0.160 e. The molecule has 0 radical (unpaired) electrons. The normalized spacial score (nSPS) is 21.7. The molecule has 3 heteroatoms. The fourth-order valence-corrected chi connectivity index (χ4v) is 2.73. The first-order chi connectivity index (χ1) is 9.77. The molecular formula is C18H24FNO. The molecule has 1 aliphatic carbocycles. The standard InChI is InChI=1S/C18H24FNO/c1-12-9-15(6-7-16(12)19)20-11-13-10-14(18(2,3)4)5-8-17(13)21/h6-7,9,11,14,20H,5,8,10H2,1-4H3. The second-order valence-electron chi connectivity index (χ2n) is 7.01. The van der Waals surface area contributed by atoms with Crippen molar-refractivity contribution in [3.63, 3.8) is 0 Å². The Morgan fingerprint density at radius 2 is 2.05 bits per heavy atom. The number of aryl methyl sites for hydroxylation is 1. The number of Topliss-reactive ketones (excluding diaryl/α,β-unsaturated/α-hetero) is 1. The Morgan fingerprint density at radius 3 is 2.67 bits per heavy atom. The van der Waals surface area contributed by atoms with Gasteiger partial charge in [0.2, 0.25) is 0 Å². The Morgan fingerprint density at radius 1 is 1.33 bits per heavy atom. The van der Waals surface area contributed by atoms with E-state index in [2.05, 4.69) is 26.1 Å². The zero-order chi connectivity index (χ0) is 15.6. The summed E-state index contributed by atoms with van der Waals surface area (Å²) in [6.45, 7) is 8.40. The van der Waals surface area contributed by atoms with E-state index in [-0.39, 0.29) is 17.0 Å². The molecule has 0 aliphatic heterocycles. The Hall–Kier alpha value is -1.64. The van der Waals surface area contributed by atoms with Crippen LogP contribution in [0.25, 0.3) is 0 Å². The second-order valence-corrected chi connectivity index (χ2v) is 7.01. The summed E-state index contributed by atoms with van der Waals surface area (Å²) >= 11 is 0. The van der Waals surface area contributed by atoms with Gasteiger partial charge in [0.1, 0.15) is 5.82 Å². The van der Waals surface area contributed by atoms with Crippen molar-refractivity contribution in [3.05, 3.63) is 41.4 Å². The highest BCUT2D eigenvalue weighted by molar-refractivity contribution is 5.96. The van der Waals surface area contributed by atoms with Gasteiger partial charge in [-0.25, -0.2) is 4.39 Å². The van der Waals surface area contributed by atoms with Gasteiger partial charge in [-0.3, -0.25) is 4.79 Å². The molecule has 1 saturated carbocycles. The summed E-state index contributed by atoms with van der Waals surface area (Å²) in [5.74, 6) is 0.537. The molecule has 1 fully saturated rings. The molecule has 114 valence electrons. The molecule has 0 aromatic heterocycles. The Bertz CT molecular complexity index is 569. The van der Waals surface area contributed by atoms with Gasteiger partial charge in [0.05, 0.1) is 0 Å². The molecule has 0 saturated heterocycles. The van der Waals surface area contributed by atoms with E-state index in [1.807, 2.05) is 0 Å². The van der Waals surface area contributed by atoms with E-state index in [9.17, 15) is 9.18 Å². The van der Waals surface area contributed by atoms with E-state index in [1.165, 1.54) is 6.07 Å². The van der Waals surface area contributed by atoms with Crippen molar-refractivity contribution >= 4 is 11.5 Å². The van der Waals surface area contributed by atoms with Crippen LogP contribution < -0.4 is 5.32 Å². The number of hydrogen-bond donors (Lipinski definition) is 1. The third kappa shape index (κ3) is 3.93. The zero-order valence-electron chi connectivity index (χ0n) is 13.3. The molecule has 0 spiro atoms. The molecule has 1 aromatic rings. The van der Waals surface area contributed by atoms with Gasteiger partial charge in [-0.05, 0) is 54.9 Å². The monoisotopic (exact) mass is 289 g/mol. The Balaban J connectivity index is 2.11. The number of ketones is 1. The summed E-state index contributed by atoms with van der Waals surface area (Å²) in [7, 11) is 0. The maximum atomic E-state index is 13.2. The van der Waals surface area contributed by atoms with Crippen LogP contribution in [0.5, 0.6) is 0 Å². The minimum atomic E-state index is -0.213. The van der Waals surface area contributed by atoms with Crippen LogP contribution in [-0.4, -0.2) is 5.78 Å². The predicted octanol–water partition coefficient (Wildman–Crippen LogP) is 4.85. The van der Waals surface area contributed by atoms with Crippen molar-refractivity contribution in [1.29, 1.82) is 0 Å². The topological polar surface area (TPSA) is 29.1 Å². The molecule has 0 bridgehead atoms. The van der Waals surface area contributed by atoms with Gasteiger partial charge in [0, 0.05) is 23.9 Å². The van der Waals surface area contributed by atoms with Gasteiger partial charge >= 0.3 is 0 Å². The average molecular weight is 289 g/mol. The van der Waals surface area contributed by atoms with Gasteiger partial charge in [-0.2, -0.15) is 0 Å². The number of carbonyl (C=O) groups is 1. The van der Waals surface area contributed by atoms with Crippen molar-refractivity contribution in [2.45, 2.75) is 47.0 Å². The van der Waals surface area contributed by atoms with Crippen LogP contribution in [0.2, 0.25) is 0 Å². The summed E-state index contributed by atoms with van der Waals surface area (Å²) < 4.78 is 13.2. The van der Waals surface area contributed by atoms with Crippen molar-refractivity contribution < 1.29 is 9.18 Å². The van der Waals surface area contributed by atoms with Crippen molar-refractivity contribution in [2.24, 2.45) is 11.3 Å². The number of halogens is 1. The molecule has 0 heterocycles. The van der Waals surface area contributed by atoms with Crippen LogP contribution in [0, 0.1) is 24.1 Å². The van der Waals surface area contributed by atoms with Crippen LogP contribution >= 0.6 is 0 Å². The number of anilines is 1. The van der Waals surface area contributed by atoms with Crippen LogP contribution in [-0.2, 0) is 4.79 Å². The molecule has 0 amide bonds. The van der Waals surface area contributed by atoms with Gasteiger partial charge in [-0.1, -0.05) is 20.8 Å². The summed E-state index contributed by atoms with van der Waals surface area (Å²) in [6.07, 6.45) is 4.20. The highest BCUT2D eigenvalue weighted by Gasteiger charge is 2.31. The van der Waals surface area contributed by atoms with Crippen LogP contribution in [0.4, 0.5) is 10.1 Å². The molecule has 2 rings (SSSR count). The van der Waals surface area contributed by atoms with E-state index in [1.54, 1.807) is 25.3 Å². The maximum absolute atomic E-state index is 13.2. The quantitative estimate of drug-likeness (QED) is 0.789. The van der Waals surface area contributed by atoms with Gasteiger partial charge < -0.3 is 5.32 Å². The zero-order valence-corrected chi connectivity index (χ0v) is 13.3. The summed E-state index contributed by atoms with van der Waals surface area (Å²) in [6, 6.07) is 4.88. The van der Waals surface area contributed by atoms with Gasteiger partial charge in [0.15, 0.2) is 5.78 Å². The minimum Gasteiger partial charge on any atom is -0.361 e. The minimum absolute atomic E-state index is 0.213. The lowest BCUT2D eigenvalue weighted by molar-refractivity contribution is -0.117. The smallest absolute Gasteiger partial charge is 0.160 e. The highest BCUT2D eigenvalue weighted by Crippen LogP contribution is 2.38. The lowest BCUT2D eigenvalue weighted by atomic mass is 9.71. The molecule has 1 atom stereocenters. The van der Waals surface area contributed by atoms with Crippen LogP contribution in [0.15, 0.2) is 30.0 Å². The number of carbonyl (C=O) groups excluding carboxylic acids is 1. The lowest BCUT2D eigenvalue weighted by Crippen LogP contribution is -2.27. The third-order valence-electron chi connectivity index (χ3n) is 4.34. The molecule has 21 heavy (non-hydrogen) atoms. The van der Waals surface area contributed by atoms with Crippen LogP contribution in [0.1, 0.15) is 45.6 Å². The molecular weight excluding hydrogens is 265 g/mol. The SMILES string of the molecule is Cc1cc(NC=C2CC(C(C)(C)C)CCC2=O)ccc1F. The molecule has 2 nitrogen and oxygen atoms in total. The molecule has 1 N–H and O–H groups in total. The predicted molar refractivity (Wildman–Crippen MR) is 84.6 cm³/mol. The summed E-state index contributed by atoms with van der Waals surface area (Å²) in [5, 5.41) is 3.14. The van der Waals surface area contributed by atoms with Gasteiger partial charge in [-0.15, -0.1) is 0 Å². The van der Waals surface area contributed by atoms with E-state index in [0.717, 1.165) is 24.1 Å². The average Bonchev–Trinajstić information content (AvgIpc) is 2.40. The van der Waals surface area contributed by atoms with Gasteiger partial charge in [0.25, 0.3) is 0 Å². The van der Waals surface area contributed by atoms with Crippen molar-refractivity contribution in [2.75, 3.05) is 5.32 Å². The third-order valence-corrected chi connectivity index (χ3v) is 4.34. The fourth-order valence-electron chi connectivity index (χ4n) is 2.73. The number of allylic oxidation sites excluding steroid dienone is 1. The summed E-state index contributed by atoms with van der Waals surface area (Å²) in [4.78, 5) is 12.0. The lowest BCUT2D eigenvalue weighted by Gasteiger charge is -2.34. The Labute approximate surface area is 126 Å². The molecule has 1 unspecified atom stereocenters. The number of hydrogen-bond acceptors (Lipinski definition) is 2. The highest BCUT2D eigenvalue weighted by atomic mass is 19.1. The molecule has 1 aliphatic rings. The summed E-state index contributed by atoms with van der Waals surface area (Å²) in [5.41, 5.74) is 2.47. The van der Waals surface area contributed by atoms with Crippen molar-refractivity contribution in [3.8, 4) is 0 Å². The van der Waals surface area contributed by atoms with E-state index in [0.29, 0.717) is 17.9 Å². The first-order valence-electron chi connectivity index (χ1n) is 7.52. The Kier molecular flexibility index (Phi) is 4.50. The largest absolute Gasteiger partial charge is 0.361 e. The van der Waals surface area contributed by atoms with E-state index >= 15 is 0 Å². The van der Waals surface area contributed by atoms with Crippen molar-refractivity contribution in [1.82, 2.24) is 0 Å².